The van der Waals surface area contributed by atoms with Crippen molar-refractivity contribution in [2.75, 3.05) is 17.6 Å². The number of methoxy groups -OCH3 is 1. The lowest BCUT2D eigenvalue weighted by atomic mass is 10.2. The van der Waals surface area contributed by atoms with Gasteiger partial charge in [0.15, 0.2) is 5.82 Å². The van der Waals surface area contributed by atoms with Crippen LogP contribution in [0, 0.1) is 0 Å². The van der Waals surface area contributed by atoms with Crippen LogP contribution in [0.2, 0.25) is 0 Å². The van der Waals surface area contributed by atoms with Crippen LogP contribution in [0.4, 0.5) is 18.9 Å². The number of esters is 1. The number of nitrogens with one attached hydrogen (secondary N) is 1. The summed E-state index contributed by atoms with van der Waals surface area (Å²) in [6.07, 6.45) is -3.08. The van der Waals surface area contributed by atoms with E-state index in [0.717, 1.165) is 0 Å². The summed E-state index contributed by atoms with van der Waals surface area (Å²) < 4.78 is 73.1. The number of halogens is 3. The van der Waals surface area contributed by atoms with Gasteiger partial charge in [-0.25, -0.2) is 23.2 Å². The minimum atomic E-state index is -4.58. The normalized spacial score (nSPS) is 11.7. The lowest BCUT2D eigenvalue weighted by Gasteiger charge is -2.11. The zero-order valence-corrected chi connectivity index (χ0v) is 19.1. The number of aromatic nitrogens is 2. The number of benzene rings is 2. The van der Waals surface area contributed by atoms with Gasteiger partial charge in [-0.1, -0.05) is 12.1 Å². The highest BCUT2D eigenvalue weighted by Gasteiger charge is 2.30. The number of phenols is 1. The monoisotopic (exact) mass is 511 g/mol. The molecule has 1 aromatic heterocycles. The van der Waals surface area contributed by atoms with Gasteiger partial charge in [-0.3, -0.25) is 4.72 Å². The van der Waals surface area contributed by atoms with E-state index in [2.05, 4.69) is 19.4 Å². The van der Waals surface area contributed by atoms with Crippen LogP contribution in [0.25, 0.3) is 11.4 Å². The Hall–Kier alpha value is -3.87. The Balaban J connectivity index is 1.66. The molecule has 186 valence electrons. The molecule has 0 saturated heterocycles. The smallest absolute Gasteiger partial charge is 0.390 e. The van der Waals surface area contributed by atoms with E-state index < -0.39 is 34.3 Å². The molecule has 0 atom stereocenters. The molecule has 1 heterocycles. The number of carbonyl (C=O) groups is 1. The van der Waals surface area contributed by atoms with Crippen LogP contribution in [0.1, 0.15) is 22.3 Å². The van der Waals surface area contributed by atoms with E-state index in [1.165, 1.54) is 55.9 Å². The van der Waals surface area contributed by atoms with E-state index >= 15 is 0 Å². The number of aromatic hydroxyl groups is 1. The van der Waals surface area contributed by atoms with Crippen LogP contribution in [0.3, 0.4) is 0 Å². The second-order valence-corrected chi connectivity index (χ2v) is 9.08. The number of alkyl halides is 3. The molecule has 0 fully saturated rings. The van der Waals surface area contributed by atoms with Crippen molar-refractivity contribution in [2.24, 2.45) is 0 Å². The molecule has 0 aliphatic carbocycles. The molecular formula is C22H20F3N3O6S. The quantitative estimate of drug-likeness (QED) is 0.414. The minimum Gasteiger partial charge on any atom is -0.507 e. The second-order valence-electron chi connectivity index (χ2n) is 7.24. The molecule has 3 rings (SSSR count). The number of hydrogen-bond acceptors (Lipinski definition) is 8. The first-order valence-electron chi connectivity index (χ1n) is 9.98. The summed E-state index contributed by atoms with van der Waals surface area (Å²) in [5, 5.41) is 9.74. The van der Waals surface area contributed by atoms with Crippen LogP contribution in [0.15, 0.2) is 54.9 Å². The third kappa shape index (κ3) is 7.57. The number of carbonyl (C=O) groups excluding carboxylic acids is 1. The molecule has 35 heavy (non-hydrogen) atoms. The van der Waals surface area contributed by atoms with Crippen LogP contribution in [-0.2, 0) is 21.4 Å². The van der Waals surface area contributed by atoms with Crippen molar-refractivity contribution in [1.29, 1.82) is 0 Å². The van der Waals surface area contributed by atoms with E-state index in [0.29, 0.717) is 16.9 Å². The number of rotatable bonds is 9. The highest BCUT2D eigenvalue weighted by atomic mass is 32.2. The Morgan fingerprint density at radius 1 is 1.11 bits per heavy atom. The molecule has 0 amide bonds. The molecule has 2 aromatic carbocycles. The maximum atomic E-state index is 12.3. The van der Waals surface area contributed by atoms with Crippen LogP contribution in [-0.4, -0.2) is 48.5 Å². The van der Waals surface area contributed by atoms with Gasteiger partial charge in [-0.2, -0.15) is 13.2 Å². The number of phenolic OH excluding ortho intramolecular Hbond substituents is 1. The molecule has 0 bridgehead atoms. The topological polar surface area (TPSA) is 128 Å². The van der Waals surface area contributed by atoms with E-state index in [4.69, 9.17) is 4.74 Å². The van der Waals surface area contributed by atoms with Gasteiger partial charge in [0.05, 0.1) is 19.3 Å². The Morgan fingerprint density at radius 3 is 2.49 bits per heavy atom. The van der Waals surface area contributed by atoms with Gasteiger partial charge in [-0.05, 0) is 30.3 Å². The average molecular weight is 511 g/mol. The average Bonchev–Trinajstić information content (AvgIpc) is 2.82. The Kier molecular flexibility index (Phi) is 7.79. The van der Waals surface area contributed by atoms with Gasteiger partial charge >= 0.3 is 12.1 Å². The fraction of sp³-hybridized carbons (Fsp3) is 0.227. The number of ether oxygens (including phenoxy) is 2. The zero-order valence-electron chi connectivity index (χ0n) is 18.2. The lowest BCUT2D eigenvalue weighted by Crippen LogP contribution is -2.21. The van der Waals surface area contributed by atoms with Crippen molar-refractivity contribution in [3.05, 3.63) is 66.0 Å². The fourth-order valence-corrected chi connectivity index (χ4v) is 3.91. The summed E-state index contributed by atoms with van der Waals surface area (Å²) in [7, 11) is -3.00. The van der Waals surface area contributed by atoms with Gasteiger partial charge in [-0.15, -0.1) is 0 Å². The number of nitrogens with zero attached hydrogens (tertiary/aromatic N) is 2. The van der Waals surface area contributed by atoms with Crippen molar-refractivity contribution >= 4 is 21.7 Å². The SMILES string of the molecule is COC(=O)c1cc(OCc2cnc(-c3cccc(NS(=O)(=O)CCC(F)(F)F)c3)nc2)ccc1O. The molecule has 0 aliphatic heterocycles. The van der Waals surface area contributed by atoms with E-state index in [9.17, 15) is 31.5 Å². The van der Waals surface area contributed by atoms with E-state index in [1.807, 2.05) is 0 Å². The van der Waals surface area contributed by atoms with Gasteiger partial charge in [0.25, 0.3) is 0 Å². The first-order valence-corrected chi connectivity index (χ1v) is 11.6. The third-order valence-electron chi connectivity index (χ3n) is 4.53. The first kappa shape index (κ1) is 25.7. The minimum absolute atomic E-state index is 0.0463. The maximum absolute atomic E-state index is 12.3. The van der Waals surface area contributed by atoms with Gasteiger partial charge in [0, 0.05) is 29.2 Å². The van der Waals surface area contributed by atoms with Crippen LogP contribution < -0.4 is 9.46 Å². The van der Waals surface area contributed by atoms with E-state index in [-0.39, 0.29) is 29.4 Å². The second kappa shape index (κ2) is 10.6. The summed E-state index contributed by atoms with van der Waals surface area (Å²) in [5.74, 6) is -1.50. The predicted octanol–water partition coefficient (Wildman–Crippen LogP) is 3.91. The van der Waals surface area contributed by atoms with Gasteiger partial charge < -0.3 is 14.6 Å². The number of hydrogen-bond donors (Lipinski definition) is 2. The summed E-state index contributed by atoms with van der Waals surface area (Å²) in [4.78, 5) is 20.1. The number of sulfonamides is 1. The molecule has 0 spiro atoms. The summed E-state index contributed by atoms with van der Waals surface area (Å²) >= 11 is 0. The molecule has 0 unspecified atom stereocenters. The predicted molar refractivity (Wildman–Crippen MR) is 119 cm³/mol. The van der Waals surface area contributed by atoms with Crippen molar-refractivity contribution in [1.82, 2.24) is 9.97 Å². The zero-order chi connectivity index (χ0) is 25.6. The Morgan fingerprint density at radius 2 is 1.83 bits per heavy atom. The van der Waals surface area contributed by atoms with Crippen molar-refractivity contribution < 1.29 is 41.0 Å². The highest BCUT2D eigenvalue weighted by Crippen LogP contribution is 2.25. The standard InChI is InChI=1S/C22H20F3N3O6S/c1-33-21(30)18-10-17(5-6-19(18)29)34-13-14-11-26-20(27-12-14)15-3-2-4-16(9-15)28-35(31,32)8-7-22(23,24)25/h2-6,9-12,28-29H,7-8,13H2,1H3. The molecule has 2 N–H and O–H groups in total. The molecule has 9 nitrogen and oxygen atoms in total. The van der Waals surface area contributed by atoms with Crippen molar-refractivity contribution in [2.45, 2.75) is 19.2 Å². The number of anilines is 1. The summed E-state index contributed by atoms with van der Waals surface area (Å²) in [6.45, 7) is 0.0463. The molecule has 0 aliphatic rings. The van der Waals surface area contributed by atoms with Gasteiger partial charge in [0.1, 0.15) is 23.7 Å². The molecule has 3 aromatic rings. The summed E-state index contributed by atoms with van der Waals surface area (Å²) in [6, 6.07) is 10.0. The Labute approximate surface area is 198 Å². The molecule has 13 heteroatoms. The first-order chi connectivity index (χ1) is 16.5. The maximum Gasteiger partial charge on any atom is 0.390 e. The van der Waals surface area contributed by atoms with Crippen LogP contribution >= 0.6 is 0 Å². The van der Waals surface area contributed by atoms with Gasteiger partial charge in [0.2, 0.25) is 10.0 Å². The van der Waals surface area contributed by atoms with Crippen LogP contribution in [0.5, 0.6) is 11.5 Å². The third-order valence-corrected chi connectivity index (χ3v) is 5.82. The lowest BCUT2D eigenvalue weighted by molar-refractivity contribution is -0.129. The largest absolute Gasteiger partial charge is 0.507 e. The van der Waals surface area contributed by atoms with E-state index in [1.54, 1.807) is 6.07 Å². The van der Waals surface area contributed by atoms with Crippen molar-refractivity contribution in [3.63, 3.8) is 0 Å². The molecular weight excluding hydrogens is 491 g/mol. The fourth-order valence-electron chi connectivity index (χ4n) is 2.83. The highest BCUT2D eigenvalue weighted by molar-refractivity contribution is 7.92. The molecule has 0 saturated carbocycles. The Bertz CT molecular complexity index is 1300. The summed E-state index contributed by atoms with van der Waals surface area (Å²) in [5.41, 5.74) is 1.04. The molecule has 0 radical (unpaired) electrons. The van der Waals surface area contributed by atoms with Crippen molar-refractivity contribution in [3.8, 4) is 22.9 Å².